The van der Waals surface area contributed by atoms with Crippen molar-refractivity contribution in [2.45, 2.75) is 39.0 Å². The summed E-state index contributed by atoms with van der Waals surface area (Å²) in [6, 6.07) is 5.61. The highest BCUT2D eigenvalue weighted by molar-refractivity contribution is 5.97. The Balaban J connectivity index is 1.31. The Morgan fingerprint density at radius 3 is 2.90 bits per heavy atom. The first-order chi connectivity index (χ1) is 14.1. The molecule has 0 aliphatic carbocycles. The van der Waals surface area contributed by atoms with Crippen LogP contribution in [0.25, 0.3) is 11.0 Å². The number of hydrogen-bond donors (Lipinski definition) is 2. The number of carbonyl (C=O) groups is 2. The van der Waals surface area contributed by atoms with Gasteiger partial charge in [-0.2, -0.15) is 0 Å². The van der Waals surface area contributed by atoms with Gasteiger partial charge in [0.2, 0.25) is 5.91 Å². The smallest absolute Gasteiger partial charge is 0.253 e. The van der Waals surface area contributed by atoms with Gasteiger partial charge in [0.15, 0.2) is 0 Å². The van der Waals surface area contributed by atoms with Crippen LogP contribution in [0.4, 0.5) is 0 Å². The molecule has 2 N–H and O–H groups in total. The lowest BCUT2D eigenvalue weighted by Crippen LogP contribution is -2.42. The summed E-state index contributed by atoms with van der Waals surface area (Å²) in [5.41, 5.74) is 2.43. The summed E-state index contributed by atoms with van der Waals surface area (Å²) in [7, 11) is 0. The number of piperidine rings is 1. The molecule has 1 aromatic carbocycles. The fourth-order valence-electron chi connectivity index (χ4n) is 4.41. The van der Waals surface area contributed by atoms with Crippen molar-refractivity contribution < 1.29 is 14.3 Å². The van der Waals surface area contributed by atoms with Crippen molar-refractivity contribution >= 4 is 22.8 Å². The highest BCUT2D eigenvalue weighted by atomic mass is 16.5. The Morgan fingerprint density at radius 2 is 2.07 bits per heavy atom. The lowest BCUT2D eigenvalue weighted by molar-refractivity contribution is -0.122. The maximum absolute atomic E-state index is 13.0. The molecule has 2 fully saturated rings. The molecular formula is C22H30N4O3. The number of hydrogen-bond acceptors (Lipinski definition) is 4. The summed E-state index contributed by atoms with van der Waals surface area (Å²) in [5, 5.41) is 3.09. The average molecular weight is 399 g/mol. The van der Waals surface area contributed by atoms with E-state index in [0.717, 1.165) is 68.8 Å². The van der Waals surface area contributed by atoms with Gasteiger partial charge in [0.25, 0.3) is 5.91 Å². The largest absolute Gasteiger partial charge is 0.381 e. The number of aryl methyl sites for hydroxylation is 1. The zero-order valence-corrected chi connectivity index (χ0v) is 17.1. The molecule has 2 aromatic rings. The molecule has 1 atom stereocenters. The van der Waals surface area contributed by atoms with E-state index in [-0.39, 0.29) is 17.7 Å². The number of H-pyrrole nitrogens is 1. The fourth-order valence-corrected chi connectivity index (χ4v) is 4.41. The van der Waals surface area contributed by atoms with Crippen molar-refractivity contribution in [3.05, 3.63) is 29.6 Å². The first kappa shape index (κ1) is 19.9. The Hall–Kier alpha value is -2.41. The normalized spacial score (nSPS) is 20.7. The van der Waals surface area contributed by atoms with Gasteiger partial charge in [-0.3, -0.25) is 9.59 Å². The molecule has 4 rings (SSSR count). The molecule has 0 bridgehead atoms. The van der Waals surface area contributed by atoms with Gasteiger partial charge in [0, 0.05) is 44.8 Å². The number of aromatic amines is 1. The van der Waals surface area contributed by atoms with Gasteiger partial charge in [0.05, 0.1) is 11.0 Å². The van der Waals surface area contributed by atoms with Crippen LogP contribution in [-0.2, 0) is 9.53 Å². The number of imidazole rings is 1. The topological polar surface area (TPSA) is 87.3 Å². The Labute approximate surface area is 171 Å². The highest BCUT2D eigenvalue weighted by Gasteiger charge is 2.26. The molecule has 0 radical (unpaired) electrons. The first-order valence-corrected chi connectivity index (χ1v) is 10.7. The predicted molar refractivity (Wildman–Crippen MR) is 111 cm³/mol. The lowest BCUT2D eigenvalue weighted by Gasteiger charge is -2.32. The molecule has 2 aliphatic rings. The number of amides is 2. The summed E-state index contributed by atoms with van der Waals surface area (Å²) in [4.78, 5) is 34.9. The number of nitrogens with zero attached hydrogens (tertiary/aromatic N) is 2. The summed E-state index contributed by atoms with van der Waals surface area (Å²) in [6.07, 6.45) is 4.46. The van der Waals surface area contributed by atoms with Crippen LogP contribution < -0.4 is 5.32 Å². The quantitative estimate of drug-likeness (QED) is 0.811. The van der Waals surface area contributed by atoms with Crippen LogP contribution in [0, 0.1) is 18.8 Å². The maximum Gasteiger partial charge on any atom is 0.253 e. The molecule has 7 nitrogen and oxygen atoms in total. The van der Waals surface area contributed by atoms with Gasteiger partial charge in [-0.05, 0) is 62.6 Å². The van der Waals surface area contributed by atoms with Gasteiger partial charge in [-0.25, -0.2) is 4.98 Å². The fraction of sp³-hybridized carbons (Fsp3) is 0.591. The number of aromatic nitrogens is 2. The third-order valence-corrected chi connectivity index (χ3v) is 6.06. The van der Waals surface area contributed by atoms with Gasteiger partial charge in [-0.15, -0.1) is 0 Å². The third-order valence-electron chi connectivity index (χ3n) is 6.06. The molecule has 7 heteroatoms. The predicted octanol–water partition coefficient (Wildman–Crippen LogP) is 2.66. The summed E-state index contributed by atoms with van der Waals surface area (Å²) < 4.78 is 5.37. The summed E-state index contributed by atoms with van der Waals surface area (Å²) in [6.45, 7) is 5.63. The standard InChI is InChI=1S/C22H30N4O3/c1-15-24-19-5-4-18(12-20(19)25-15)22(28)26-8-2-3-17(14-26)11-21(27)23-13-16-6-9-29-10-7-16/h4-5,12,16-17H,2-3,6-11,13-14H2,1H3,(H,23,27)(H,24,25)/t17-/m0/s1. The van der Waals surface area contributed by atoms with Crippen LogP contribution >= 0.6 is 0 Å². The van der Waals surface area contributed by atoms with Gasteiger partial charge < -0.3 is 19.9 Å². The number of benzene rings is 1. The minimum Gasteiger partial charge on any atom is -0.381 e. The molecule has 0 unspecified atom stereocenters. The first-order valence-electron chi connectivity index (χ1n) is 10.7. The Kier molecular flexibility index (Phi) is 6.13. The van der Waals surface area contributed by atoms with E-state index in [9.17, 15) is 9.59 Å². The van der Waals surface area contributed by atoms with E-state index < -0.39 is 0 Å². The van der Waals surface area contributed by atoms with Crippen LogP contribution in [0.1, 0.15) is 48.3 Å². The SMILES string of the molecule is Cc1nc2ccc(C(=O)N3CCC[C@@H](CC(=O)NCC4CCOCC4)C3)cc2[nH]1. The molecule has 0 spiro atoms. The van der Waals surface area contributed by atoms with E-state index in [2.05, 4.69) is 15.3 Å². The zero-order chi connectivity index (χ0) is 20.2. The number of fused-ring (bicyclic) bond motifs is 1. The van der Waals surface area contributed by atoms with E-state index in [4.69, 9.17) is 4.74 Å². The van der Waals surface area contributed by atoms with E-state index in [1.807, 2.05) is 30.0 Å². The molecule has 156 valence electrons. The lowest BCUT2D eigenvalue weighted by atomic mass is 9.93. The minimum atomic E-state index is 0.0338. The van der Waals surface area contributed by atoms with Gasteiger partial charge in [0.1, 0.15) is 5.82 Å². The van der Waals surface area contributed by atoms with Crippen LogP contribution in [0.15, 0.2) is 18.2 Å². The second kappa shape index (κ2) is 8.95. The van der Waals surface area contributed by atoms with Crippen molar-refractivity contribution in [3.63, 3.8) is 0 Å². The molecule has 2 aliphatic heterocycles. The van der Waals surface area contributed by atoms with Crippen LogP contribution in [0.2, 0.25) is 0 Å². The van der Waals surface area contributed by atoms with E-state index in [1.54, 1.807) is 0 Å². The number of carbonyl (C=O) groups excluding carboxylic acids is 2. The van der Waals surface area contributed by atoms with E-state index >= 15 is 0 Å². The number of nitrogens with one attached hydrogen (secondary N) is 2. The van der Waals surface area contributed by atoms with Gasteiger partial charge >= 0.3 is 0 Å². The van der Waals surface area contributed by atoms with Crippen LogP contribution in [-0.4, -0.2) is 59.5 Å². The van der Waals surface area contributed by atoms with Crippen molar-refractivity contribution in [1.29, 1.82) is 0 Å². The summed E-state index contributed by atoms with van der Waals surface area (Å²) >= 11 is 0. The molecule has 3 heterocycles. The van der Waals surface area contributed by atoms with Crippen molar-refractivity contribution in [3.8, 4) is 0 Å². The van der Waals surface area contributed by atoms with Crippen molar-refractivity contribution in [2.24, 2.45) is 11.8 Å². The van der Waals surface area contributed by atoms with Crippen molar-refractivity contribution in [1.82, 2.24) is 20.2 Å². The van der Waals surface area contributed by atoms with Crippen molar-refractivity contribution in [2.75, 3.05) is 32.8 Å². The molecule has 0 saturated carbocycles. The van der Waals surface area contributed by atoms with E-state index in [1.165, 1.54) is 0 Å². The minimum absolute atomic E-state index is 0.0338. The molecule has 29 heavy (non-hydrogen) atoms. The second-order valence-electron chi connectivity index (χ2n) is 8.38. The zero-order valence-electron chi connectivity index (χ0n) is 17.1. The molecular weight excluding hydrogens is 368 g/mol. The van der Waals surface area contributed by atoms with E-state index in [0.29, 0.717) is 24.4 Å². The average Bonchev–Trinajstić information content (AvgIpc) is 3.12. The summed E-state index contributed by atoms with van der Waals surface area (Å²) in [5.74, 6) is 1.73. The molecule has 2 amide bonds. The number of rotatable bonds is 5. The second-order valence-corrected chi connectivity index (χ2v) is 8.38. The monoisotopic (exact) mass is 398 g/mol. The van der Waals surface area contributed by atoms with Gasteiger partial charge in [-0.1, -0.05) is 0 Å². The Morgan fingerprint density at radius 1 is 1.24 bits per heavy atom. The van der Waals surface area contributed by atoms with Crippen LogP contribution in [0.5, 0.6) is 0 Å². The maximum atomic E-state index is 13.0. The number of ether oxygens (including phenoxy) is 1. The molecule has 1 aromatic heterocycles. The Bertz CT molecular complexity index is 872. The number of likely N-dealkylation sites (tertiary alicyclic amines) is 1. The molecule has 2 saturated heterocycles. The highest BCUT2D eigenvalue weighted by Crippen LogP contribution is 2.23. The van der Waals surface area contributed by atoms with Crippen LogP contribution in [0.3, 0.4) is 0 Å². The third kappa shape index (κ3) is 4.96.